The lowest BCUT2D eigenvalue weighted by molar-refractivity contribution is -0.109. The lowest BCUT2D eigenvalue weighted by Crippen LogP contribution is -2.68. The molecule has 4 aliphatic rings. The minimum absolute atomic E-state index is 0.00943. The van der Waals surface area contributed by atoms with Crippen molar-refractivity contribution in [3.05, 3.63) is 0 Å². The molecule has 0 aromatic rings. The molecule has 136 valence electrons. The largest absolute Gasteiger partial charge is 0.391 e. The molecule has 4 rings (SSSR count). The van der Waals surface area contributed by atoms with E-state index in [0.29, 0.717) is 24.5 Å². The summed E-state index contributed by atoms with van der Waals surface area (Å²) in [6.07, 6.45) is 7.99. The topological polar surface area (TPSA) is 61.8 Å². The SMILES string of the molecule is CC1(C)C(NC(=O)N2CC(O)CC2C2CCCCC2)C2CCOC21. The van der Waals surface area contributed by atoms with E-state index < -0.39 is 0 Å². The molecule has 0 aromatic heterocycles. The fraction of sp³-hybridized carbons (Fsp3) is 0.947. The molecule has 5 unspecified atom stereocenters. The second-order valence-electron chi connectivity index (χ2n) is 9.00. The Morgan fingerprint density at radius 2 is 1.96 bits per heavy atom. The molecule has 4 fully saturated rings. The number of nitrogens with zero attached hydrogens (tertiary/aromatic N) is 1. The quantitative estimate of drug-likeness (QED) is 0.814. The minimum atomic E-state index is -0.361. The number of β-amino-alcohol motifs (C(OH)–C–C–N with tert-alkyl or cyclic N) is 1. The van der Waals surface area contributed by atoms with Crippen LogP contribution in [0.15, 0.2) is 0 Å². The molecule has 2 heterocycles. The lowest BCUT2D eigenvalue weighted by Gasteiger charge is -2.55. The Balaban J connectivity index is 1.43. The van der Waals surface area contributed by atoms with Gasteiger partial charge in [0.05, 0.1) is 12.2 Å². The minimum Gasteiger partial charge on any atom is -0.391 e. The van der Waals surface area contributed by atoms with Gasteiger partial charge in [-0.3, -0.25) is 0 Å². The van der Waals surface area contributed by atoms with Gasteiger partial charge in [-0.25, -0.2) is 4.79 Å². The van der Waals surface area contributed by atoms with Crippen molar-refractivity contribution >= 4 is 6.03 Å². The van der Waals surface area contributed by atoms with Crippen molar-refractivity contribution in [3.63, 3.8) is 0 Å². The standard InChI is InChI=1S/C19H32N2O3/c1-19(2)16(14-8-9-24-17(14)19)20-18(23)21-11-13(22)10-15(21)12-6-4-3-5-7-12/h12-17,22H,3-11H2,1-2H3,(H,20,23). The van der Waals surface area contributed by atoms with E-state index in [-0.39, 0.29) is 29.6 Å². The number of carbonyl (C=O) groups excluding carboxylic acids is 1. The molecule has 2 N–H and O–H groups in total. The number of carbonyl (C=O) groups is 1. The van der Waals surface area contributed by atoms with Crippen LogP contribution in [0.5, 0.6) is 0 Å². The number of ether oxygens (including phenoxy) is 1. The van der Waals surface area contributed by atoms with Gasteiger partial charge in [0.2, 0.25) is 0 Å². The highest BCUT2D eigenvalue weighted by molar-refractivity contribution is 5.75. The highest BCUT2D eigenvalue weighted by Crippen LogP contribution is 2.52. The number of fused-ring (bicyclic) bond motifs is 1. The summed E-state index contributed by atoms with van der Waals surface area (Å²) < 4.78 is 5.83. The van der Waals surface area contributed by atoms with E-state index in [0.717, 1.165) is 19.4 Å². The maximum Gasteiger partial charge on any atom is 0.317 e. The van der Waals surface area contributed by atoms with Gasteiger partial charge in [0.15, 0.2) is 0 Å². The summed E-state index contributed by atoms with van der Waals surface area (Å²) in [6.45, 7) is 5.70. The average Bonchev–Trinajstić information content (AvgIpc) is 3.18. The van der Waals surface area contributed by atoms with Crippen molar-refractivity contribution in [3.8, 4) is 0 Å². The third kappa shape index (κ3) is 2.64. The molecule has 5 atom stereocenters. The highest BCUT2D eigenvalue weighted by Gasteiger charge is 2.60. The van der Waals surface area contributed by atoms with E-state index in [1.807, 2.05) is 4.90 Å². The molecule has 0 radical (unpaired) electrons. The normalized spacial score (nSPS) is 41.8. The molecule has 2 saturated carbocycles. The molecule has 5 heteroatoms. The van der Waals surface area contributed by atoms with Gasteiger partial charge < -0.3 is 20.1 Å². The van der Waals surface area contributed by atoms with Crippen molar-refractivity contribution in [1.29, 1.82) is 0 Å². The third-order valence-electron chi connectivity index (χ3n) is 7.16. The van der Waals surface area contributed by atoms with Crippen LogP contribution in [0, 0.1) is 17.3 Å². The lowest BCUT2D eigenvalue weighted by atomic mass is 9.57. The van der Waals surface area contributed by atoms with E-state index >= 15 is 0 Å². The van der Waals surface area contributed by atoms with Gasteiger partial charge >= 0.3 is 6.03 Å². The number of amides is 2. The number of urea groups is 1. The summed E-state index contributed by atoms with van der Waals surface area (Å²) in [7, 11) is 0. The summed E-state index contributed by atoms with van der Waals surface area (Å²) in [6, 6.07) is 0.451. The van der Waals surface area contributed by atoms with Crippen molar-refractivity contribution in [2.75, 3.05) is 13.2 Å². The average molecular weight is 336 g/mol. The first-order valence-corrected chi connectivity index (χ1v) is 9.85. The van der Waals surface area contributed by atoms with E-state index in [4.69, 9.17) is 4.74 Å². The Kier molecular flexibility index (Phi) is 4.28. The third-order valence-corrected chi connectivity index (χ3v) is 7.16. The van der Waals surface area contributed by atoms with Gasteiger partial charge in [-0.05, 0) is 31.6 Å². The van der Waals surface area contributed by atoms with Gasteiger partial charge in [-0.2, -0.15) is 0 Å². The zero-order chi connectivity index (χ0) is 16.9. The van der Waals surface area contributed by atoms with Crippen LogP contribution >= 0.6 is 0 Å². The van der Waals surface area contributed by atoms with Gasteiger partial charge in [-0.15, -0.1) is 0 Å². The molecule has 2 amide bonds. The van der Waals surface area contributed by atoms with Crippen LogP contribution in [0.2, 0.25) is 0 Å². The number of nitrogens with one attached hydrogen (secondary N) is 1. The maximum absolute atomic E-state index is 13.0. The summed E-state index contributed by atoms with van der Waals surface area (Å²) >= 11 is 0. The second kappa shape index (κ2) is 6.17. The summed E-state index contributed by atoms with van der Waals surface area (Å²) in [5, 5.41) is 13.5. The summed E-state index contributed by atoms with van der Waals surface area (Å²) in [4.78, 5) is 14.9. The molecule has 24 heavy (non-hydrogen) atoms. The Morgan fingerprint density at radius 1 is 1.21 bits per heavy atom. The van der Waals surface area contributed by atoms with Gasteiger partial charge in [0.25, 0.3) is 0 Å². The van der Waals surface area contributed by atoms with Crippen molar-refractivity contribution < 1.29 is 14.6 Å². The molecule has 5 nitrogen and oxygen atoms in total. The molecule has 0 bridgehead atoms. The number of hydrogen-bond donors (Lipinski definition) is 2. The van der Waals surface area contributed by atoms with Gasteiger partial charge in [0, 0.05) is 36.6 Å². The summed E-state index contributed by atoms with van der Waals surface area (Å²) in [5.41, 5.74) is 0.00943. The smallest absolute Gasteiger partial charge is 0.317 e. The van der Waals surface area contributed by atoms with Crippen LogP contribution in [0.25, 0.3) is 0 Å². The highest BCUT2D eigenvalue weighted by atomic mass is 16.5. The van der Waals surface area contributed by atoms with E-state index in [2.05, 4.69) is 19.2 Å². The fourth-order valence-electron chi connectivity index (χ4n) is 5.88. The van der Waals surface area contributed by atoms with E-state index in [1.165, 1.54) is 32.1 Å². The predicted octanol–water partition coefficient (Wildman–Crippen LogP) is 2.53. The van der Waals surface area contributed by atoms with E-state index in [1.54, 1.807) is 0 Å². The fourth-order valence-corrected chi connectivity index (χ4v) is 5.88. The van der Waals surface area contributed by atoms with Crippen LogP contribution in [0.3, 0.4) is 0 Å². The Labute approximate surface area is 145 Å². The van der Waals surface area contributed by atoms with Gasteiger partial charge in [-0.1, -0.05) is 33.1 Å². The van der Waals surface area contributed by atoms with Crippen LogP contribution < -0.4 is 5.32 Å². The first kappa shape index (κ1) is 16.6. The molecule has 0 aromatic carbocycles. The van der Waals surface area contributed by atoms with Crippen molar-refractivity contribution in [1.82, 2.24) is 10.2 Å². The summed E-state index contributed by atoms with van der Waals surface area (Å²) in [5.74, 6) is 1.03. The van der Waals surface area contributed by atoms with Crippen LogP contribution in [0.4, 0.5) is 4.79 Å². The van der Waals surface area contributed by atoms with Crippen LogP contribution in [0.1, 0.15) is 58.8 Å². The van der Waals surface area contributed by atoms with Crippen molar-refractivity contribution in [2.24, 2.45) is 17.3 Å². The zero-order valence-corrected chi connectivity index (χ0v) is 15.0. The molecular weight excluding hydrogens is 304 g/mol. The molecular formula is C19H32N2O3. The Hall–Kier alpha value is -0.810. The first-order valence-electron chi connectivity index (χ1n) is 9.85. The molecule has 2 saturated heterocycles. The molecule has 2 aliphatic carbocycles. The van der Waals surface area contributed by atoms with Crippen LogP contribution in [-0.4, -0.2) is 53.5 Å². The van der Waals surface area contributed by atoms with Crippen LogP contribution in [-0.2, 0) is 4.74 Å². The predicted molar refractivity (Wildman–Crippen MR) is 91.6 cm³/mol. The molecule has 2 aliphatic heterocycles. The van der Waals surface area contributed by atoms with Crippen molar-refractivity contribution in [2.45, 2.75) is 83.1 Å². The Morgan fingerprint density at radius 3 is 2.71 bits per heavy atom. The first-order chi connectivity index (χ1) is 11.5. The monoisotopic (exact) mass is 336 g/mol. The second-order valence-corrected chi connectivity index (χ2v) is 9.00. The molecule has 0 spiro atoms. The Bertz CT molecular complexity index is 489. The number of aliphatic hydroxyl groups is 1. The number of aliphatic hydroxyl groups excluding tert-OH is 1. The zero-order valence-electron chi connectivity index (χ0n) is 15.0. The number of likely N-dealkylation sites (tertiary alicyclic amines) is 1. The van der Waals surface area contributed by atoms with Gasteiger partial charge in [0.1, 0.15) is 0 Å². The maximum atomic E-state index is 13.0. The number of rotatable bonds is 2. The number of hydrogen-bond acceptors (Lipinski definition) is 3. The van der Waals surface area contributed by atoms with E-state index in [9.17, 15) is 9.90 Å².